The third-order valence-corrected chi connectivity index (χ3v) is 2.89. The second kappa shape index (κ2) is 4.36. The van der Waals surface area contributed by atoms with Crippen molar-refractivity contribution < 1.29 is 5.11 Å². The summed E-state index contributed by atoms with van der Waals surface area (Å²) >= 11 is 1.56. The van der Waals surface area contributed by atoms with Gasteiger partial charge < -0.3 is 5.11 Å². The van der Waals surface area contributed by atoms with Gasteiger partial charge >= 0.3 is 0 Å². The predicted molar refractivity (Wildman–Crippen MR) is 56.6 cm³/mol. The van der Waals surface area contributed by atoms with E-state index >= 15 is 0 Å². The predicted octanol–water partition coefficient (Wildman–Crippen LogP) is 2.16. The van der Waals surface area contributed by atoms with Crippen molar-refractivity contribution in [2.24, 2.45) is 0 Å². The fourth-order valence-electron chi connectivity index (χ4n) is 0.782. The molecular weight excluding hydrogens is 180 g/mol. The first-order valence-corrected chi connectivity index (χ1v) is 5.00. The van der Waals surface area contributed by atoms with Gasteiger partial charge in [-0.15, -0.1) is 18.2 Å². The van der Waals surface area contributed by atoms with E-state index in [1.165, 1.54) is 0 Å². The number of rotatable bonds is 3. The summed E-state index contributed by atoms with van der Waals surface area (Å²) in [6.07, 6.45) is 5.16. The van der Waals surface area contributed by atoms with Gasteiger partial charge in [-0.3, -0.25) is 0 Å². The Balaban J connectivity index is 2.50. The van der Waals surface area contributed by atoms with Gasteiger partial charge in [0.25, 0.3) is 0 Å². The third kappa shape index (κ3) is 3.54. The van der Waals surface area contributed by atoms with E-state index in [9.17, 15) is 5.11 Å². The van der Waals surface area contributed by atoms with Crippen molar-refractivity contribution in [3.8, 4) is 12.3 Å². The standard InChI is InChI=1S/C11H12OS/c1-3-11(2,12)9-13-10-7-5-4-6-8-10/h1,4-8,12H,9H2,2H3/t11-/m0/s1. The van der Waals surface area contributed by atoms with Gasteiger partial charge in [-0.25, -0.2) is 0 Å². The van der Waals surface area contributed by atoms with Crippen molar-refractivity contribution in [2.75, 3.05) is 5.75 Å². The lowest BCUT2D eigenvalue weighted by Crippen LogP contribution is -2.24. The van der Waals surface area contributed by atoms with Crippen LogP contribution in [0.25, 0.3) is 0 Å². The van der Waals surface area contributed by atoms with Crippen molar-refractivity contribution in [1.29, 1.82) is 0 Å². The van der Waals surface area contributed by atoms with Crippen LogP contribution in [0.3, 0.4) is 0 Å². The summed E-state index contributed by atoms with van der Waals surface area (Å²) < 4.78 is 0. The van der Waals surface area contributed by atoms with E-state index in [0.29, 0.717) is 5.75 Å². The summed E-state index contributed by atoms with van der Waals surface area (Å²) in [4.78, 5) is 1.12. The van der Waals surface area contributed by atoms with E-state index in [1.54, 1.807) is 18.7 Å². The minimum atomic E-state index is -1.01. The van der Waals surface area contributed by atoms with Crippen LogP contribution >= 0.6 is 11.8 Å². The maximum absolute atomic E-state index is 9.53. The molecule has 0 unspecified atom stereocenters. The van der Waals surface area contributed by atoms with Gasteiger partial charge in [-0.2, -0.15) is 0 Å². The van der Waals surface area contributed by atoms with Crippen LogP contribution in [0.1, 0.15) is 6.92 Å². The Morgan fingerprint density at radius 3 is 2.62 bits per heavy atom. The van der Waals surface area contributed by atoms with Crippen molar-refractivity contribution in [1.82, 2.24) is 0 Å². The molecule has 1 aromatic carbocycles. The lowest BCUT2D eigenvalue weighted by molar-refractivity contribution is 0.149. The number of terminal acetylenes is 1. The molecule has 0 fully saturated rings. The van der Waals surface area contributed by atoms with E-state index in [2.05, 4.69) is 5.92 Å². The van der Waals surface area contributed by atoms with Gasteiger partial charge in [0.2, 0.25) is 0 Å². The maximum Gasteiger partial charge on any atom is 0.131 e. The molecule has 13 heavy (non-hydrogen) atoms. The molecule has 0 aliphatic rings. The summed E-state index contributed by atoms with van der Waals surface area (Å²) in [6, 6.07) is 9.89. The van der Waals surface area contributed by atoms with Crippen LogP contribution in [-0.4, -0.2) is 16.5 Å². The number of hydrogen-bond donors (Lipinski definition) is 1. The van der Waals surface area contributed by atoms with Crippen molar-refractivity contribution in [2.45, 2.75) is 17.4 Å². The zero-order valence-electron chi connectivity index (χ0n) is 7.53. The van der Waals surface area contributed by atoms with Gasteiger partial charge in [0.15, 0.2) is 0 Å². The van der Waals surface area contributed by atoms with Crippen LogP contribution in [0.2, 0.25) is 0 Å². The average molecular weight is 192 g/mol. The fraction of sp³-hybridized carbons (Fsp3) is 0.273. The molecule has 1 aromatic rings. The van der Waals surface area contributed by atoms with Gasteiger partial charge in [0.05, 0.1) is 0 Å². The Bertz CT molecular complexity index is 298. The molecule has 2 heteroatoms. The second-order valence-corrected chi connectivity index (χ2v) is 4.07. The molecule has 0 heterocycles. The SMILES string of the molecule is C#C[C@](C)(O)CSc1ccccc1. The minimum Gasteiger partial charge on any atom is -0.377 e. The molecule has 0 aliphatic heterocycles. The van der Waals surface area contributed by atoms with Gasteiger partial charge in [0.1, 0.15) is 5.60 Å². The number of hydrogen-bond acceptors (Lipinski definition) is 2. The zero-order valence-corrected chi connectivity index (χ0v) is 8.34. The Morgan fingerprint density at radius 2 is 2.08 bits per heavy atom. The molecule has 1 atom stereocenters. The quantitative estimate of drug-likeness (QED) is 0.585. The molecule has 1 nitrogen and oxygen atoms in total. The molecule has 68 valence electrons. The first-order valence-electron chi connectivity index (χ1n) is 4.02. The molecule has 0 aromatic heterocycles. The highest BCUT2D eigenvalue weighted by Crippen LogP contribution is 2.21. The number of thioether (sulfide) groups is 1. The molecule has 0 amide bonds. The number of benzene rings is 1. The molecular formula is C11H12OS. The Morgan fingerprint density at radius 1 is 1.46 bits per heavy atom. The monoisotopic (exact) mass is 192 g/mol. The van der Waals surface area contributed by atoms with E-state index < -0.39 is 5.60 Å². The summed E-state index contributed by atoms with van der Waals surface area (Å²) in [5.74, 6) is 2.87. The average Bonchev–Trinajstić information content (AvgIpc) is 2.17. The van der Waals surface area contributed by atoms with Crippen molar-refractivity contribution in [3.05, 3.63) is 30.3 Å². The zero-order chi connectivity index (χ0) is 9.73. The lowest BCUT2D eigenvalue weighted by Gasteiger charge is -2.14. The van der Waals surface area contributed by atoms with Crippen LogP contribution in [0.4, 0.5) is 0 Å². The highest BCUT2D eigenvalue weighted by Gasteiger charge is 2.15. The molecule has 0 radical (unpaired) electrons. The molecule has 0 saturated carbocycles. The van der Waals surface area contributed by atoms with Crippen molar-refractivity contribution >= 4 is 11.8 Å². The summed E-state index contributed by atoms with van der Waals surface area (Å²) in [5.41, 5.74) is -1.01. The highest BCUT2D eigenvalue weighted by atomic mass is 32.2. The van der Waals surface area contributed by atoms with Gasteiger partial charge in [-0.1, -0.05) is 24.1 Å². The lowest BCUT2D eigenvalue weighted by atomic mass is 10.2. The van der Waals surface area contributed by atoms with E-state index in [-0.39, 0.29) is 0 Å². The summed E-state index contributed by atoms with van der Waals surface area (Å²) in [5, 5.41) is 9.53. The highest BCUT2D eigenvalue weighted by molar-refractivity contribution is 7.99. The van der Waals surface area contributed by atoms with Crippen LogP contribution in [0.15, 0.2) is 35.2 Å². The third-order valence-electron chi connectivity index (χ3n) is 1.57. The Kier molecular flexibility index (Phi) is 3.41. The van der Waals surface area contributed by atoms with Gasteiger partial charge in [-0.05, 0) is 19.1 Å². The maximum atomic E-state index is 9.53. The molecule has 0 spiro atoms. The van der Waals surface area contributed by atoms with E-state index in [1.807, 2.05) is 30.3 Å². The Labute approximate surface area is 83.2 Å². The topological polar surface area (TPSA) is 20.2 Å². The van der Waals surface area contributed by atoms with E-state index in [4.69, 9.17) is 6.42 Å². The smallest absolute Gasteiger partial charge is 0.131 e. The largest absolute Gasteiger partial charge is 0.377 e. The molecule has 1 rings (SSSR count). The molecule has 1 N–H and O–H groups in total. The van der Waals surface area contributed by atoms with Crippen LogP contribution in [0.5, 0.6) is 0 Å². The normalized spacial score (nSPS) is 14.5. The van der Waals surface area contributed by atoms with Gasteiger partial charge in [0, 0.05) is 10.6 Å². The molecule has 0 aliphatic carbocycles. The minimum absolute atomic E-state index is 0.521. The summed E-state index contributed by atoms with van der Waals surface area (Å²) in [7, 11) is 0. The Hall–Kier alpha value is -0.910. The number of aliphatic hydroxyl groups is 1. The first-order chi connectivity index (χ1) is 6.14. The first kappa shape index (κ1) is 10.2. The molecule has 0 bridgehead atoms. The fourth-order valence-corrected chi connectivity index (χ4v) is 1.66. The van der Waals surface area contributed by atoms with Crippen molar-refractivity contribution in [3.63, 3.8) is 0 Å². The van der Waals surface area contributed by atoms with Crippen LogP contribution in [-0.2, 0) is 0 Å². The van der Waals surface area contributed by atoms with Crippen LogP contribution < -0.4 is 0 Å². The van der Waals surface area contributed by atoms with E-state index in [0.717, 1.165) is 4.90 Å². The second-order valence-electron chi connectivity index (χ2n) is 3.02. The summed E-state index contributed by atoms with van der Waals surface area (Å²) in [6.45, 7) is 1.64. The molecule has 0 saturated heterocycles. The van der Waals surface area contributed by atoms with Crippen LogP contribution in [0, 0.1) is 12.3 Å².